The van der Waals surface area contributed by atoms with Gasteiger partial charge in [0.05, 0.1) is 6.10 Å². The van der Waals surface area contributed by atoms with Crippen LogP contribution in [0.2, 0.25) is 0 Å². The van der Waals surface area contributed by atoms with Gasteiger partial charge in [-0.2, -0.15) is 0 Å². The monoisotopic (exact) mass is 272 g/mol. The Kier molecular flexibility index (Phi) is 5.06. The first-order valence-corrected chi connectivity index (χ1v) is 7.56. The van der Waals surface area contributed by atoms with Crippen LogP contribution in [0.1, 0.15) is 16.7 Å². The number of aliphatic hydroxyl groups is 1. The van der Waals surface area contributed by atoms with E-state index in [4.69, 9.17) is 0 Å². The molecule has 0 aromatic heterocycles. The van der Waals surface area contributed by atoms with Gasteiger partial charge < -0.3 is 5.11 Å². The Hall–Kier alpha value is -1.25. The molecule has 0 aliphatic rings. The first-order chi connectivity index (χ1) is 9.15. The fourth-order valence-corrected chi connectivity index (χ4v) is 3.00. The summed E-state index contributed by atoms with van der Waals surface area (Å²) in [5.74, 6) is 0.734. The minimum absolute atomic E-state index is 0.299. The molecule has 2 heteroatoms. The van der Waals surface area contributed by atoms with Crippen molar-refractivity contribution in [2.45, 2.75) is 31.3 Å². The largest absolute Gasteiger partial charge is 0.392 e. The Labute approximate surface area is 119 Å². The molecule has 1 N–H and O–H groups in total. The molecule has 0 aliphatic heterocycles. The molecule has 0 bridgehead atoms. The van der Waals surface area contributed by atoms with E-state index in [1.54, 1.807) is 11.8 Å². The van der Waals surface area contributed by atoms with Gasteiger partial charge in [-0.3, -0.25) is 0 Å². The zero-order valence-corrected chi connectivity index (χ0v) is 12.3. The van der Waals surface area contributed by atoms with E-state index < -0.39 is 0 Å². The first kappa shape index (κ1) is 14.2. The van der Waals surface area contributed by atoms with Gasteiger partial charge in [-0.05, 0) is 43.5 Å². The summed E-state index contributed by atoms with van der Waals surface area (Å²) < 4.78 is 0. The summed E-state index contributed by atoms with van der Waals surface area (Å²) in [6.45, 7) is 4.18. The molecule has 0 saturated carbocycles. The Morgan fingerprint density at radius 1 is 1.05 bits per heavy atom. The molecule has 2 rings (SSSR count). The highest BCUT2D eigenvalue weighted by molar-refractivity contribution is 7.99. The van der Waals surface area contributed by atoms with E-state index in [-0.39, 0.29) is 6.10 Å². The summed E-state index contributed by atoms with van der Waals surface area (Å²) in [6.07, 6.45) is 0.428. The Bertz CT molecular complexity index is 536. The van der Waals surface area contributed by atoms with Crippen molar-refractivity contribution < 1.29 is 5.11 Å². The maximum Gasteiger partial charge on any atom is 0.0674 e. The van der Waals surface area contributed by atoms with Gasteiger partial charge >= 0.3 is 0 Å². The van der Waals surface area contributed by atoms with Crippen LogP contribution in [0.5, 0.6) is 0 Å². The van der Waals surface area contributed by atoms with Crippen LogP contribution in [0.3, 0.4) is 0 Å². The van der Waals surface area contributed by atoms with Crippen LogP contribution in [0.15, 0.2) is 53.4 Å². The lowest BCUT2D eigenvalue weighted by atomic mass is 10.0. The highest BCUT2D eigenvalue weighted by Gasteiger charge is 2.08. The molecular weight excluding hydrogens is 252 g/mol. The van der Waals surface area contributed by atoms with Gasteiger partial charge in [0.2, 0.25) is 0 Å². The number of thioether (sulfide) groups is 1. The summed E-state index contributed by atoms with van der Waals surface area (Å²) in [6, 6.07) is 16.7. The van der Waals surface area contributed by atoms with Crippen molar-refractivity contribution in [3.8, 4) is 0 Å². The van der Waals surface area contributed by atoms with Gasteiger partial charge in [0.25, 0.3) is 0 Å². The van der Waals surface area contributed by atoms with Crippen LogP contribution in [0, 0.1) is 13.8 Å². The summed E-state index contributed by atoms with van der Waals surface area (Å²) >= 11 is 1.72. The second kappa shape index (κ2) is 6.78. The number of benzene rings is 2. The Morgan fingerprint density at radius 2 is 1.84 bits per heavy atom. The lowest BCUT2D eigenvalue weighted by Crippen LogP contribution is -2.14. The van der Waals surface area contributed by atoms with Crippen LogP contribution >= 0.6 is 11.8 Å². The van der Waals surface area contributed by atoms with E-state index in [0.717, 1.165) is 12.2 Å². The fourth-order valence-electron chi connectivity index (χ4n) is 2.05. The van der Waals surface area contributed by atoms with Crippen molar-refractivity contribution in [3.05, 3.63) is 65.2 Å². The van der Waals surface area contributed by atoms with E-state index in [1.165, 1.54) is 21.6 Å². The number of hydrogen-bond acceptors (Lipinski definition) is 2. The third kappa shape index (κ3) is 4.41. The molecule has 0 saturated heterocycles. The second-order valence-electron chi connectivity index (χ2n) is 4.91. The van der Waals surface area contributed by atoms with Gasteiger partial charge in [0, 0.05) is 10.6 Å². The van der Waals surface area contributed by atoms with E-state index in [0.29, 0.717) is 0 Å². The molecule has 1 unspecified atom stereocenters. The van der Waals surface area contributed by atoms with Crippen molar-refractivity contribution >= 4 is 11.8 Å². The van der Waals surface area contributed by atoms with E-state index >= 15 is 0 Å². The van der Waals surface area contributed by atoms with Gasteiger partial charge in [0.15, 0.2) is 0 Å². The summed E-state index contributed by atoms with van der Waals surface area (Å²) in [5, 5.41) is 10.1. The van der Waals surface area contributed by atoms with Gasteiger partial charge in [-0.1, -0.05) is 42.0 Å². The minimum Gasteiger partial charge on any atom is -0.392 e. The number of rotatable bonds is 5. The molecular formula is C17H20OS. The van der Waals surface area contributed by atoms with Gasteiger partial charge in [0.1, 0.15) is 0 Å². The maximum atomic E-state index is 10.1. The van der Waals surface area contributed by atoms with Crippen LogP contribution in [0.4, 0.5) is 0 Å². The molecule has 0 heterocycles. The van der Waals surface area contributed by atoms with Crippen LogP contribution < -0.4 is 0 Å². The molecule has 1 atom stereocenters. The normalized spacial score (nSPS) is 12.4. The first-order valence-electron chi connectivity index (χ1n) is 6.57. The summed E-state index contributed by atoms with van der Waals surface area (Å²) in [4.78, 5) is 1.23. The second-order valence-corrected chi connectivity index (χ2v) is 6.01. The Balaban J connectivity index is 1.88. The molecule has 100 valence electrons. The van der Waals surface area contributed by atoms with E-state index in [2.05, 4.69) is 50.2 Å². The SMILES string of the molecule is Cc1cccc(SCC(O)Cc2ccccc2C)c1. The van der Waals surface area contributed by atoms with Gasteiger partial charge in [-0.15, -0.1) is 11.8 Å². The van der Waals surface area contributed by atoms with E-state index in [1.807, 2.05) is 12.1 Å². The van der Waals surface area contributed by atoms with Crippen molar-refractivity contribution in [2.24, 2.45) is 0 Å². The molecule has 0 amide bonds. The number of hydrogen-bond donors (Lipinski definition) is 1. The third-order valence-corrected chi connectivity index (χ3v) is 4.29. The maximum absolute atomic E-state index is 10.1. The van der Waals surface area contributed by atoms with Crippen LogP contribution in [-0.2, 0) is 6.42 Å². The molecule has 2 aromatic carbocycles. The van der Waals surface area contributed by atoms with E-state index in [9.17, 15) is 5.11 Å². The minimum atomic E-state index is -0.299. The fraction of sp³-hybridized carbons (Fsp3) is 0.294. The molecule has 0 aliphatic carbocycles. The average Bonchev–Trinajstić information content (AvgIpc) is 2.39. The lowest BCUT2D eigenvalue weighted by molar-refractivity contribution is 0.200. The van der Waals surface area contributed by atoms with Crippen molar-refractivity contribution in [1.29, 1.82) is 0 Å². The highest BCUT2D eigenvalue weighted by Crippen LogP contribution is 2.21. The summed E-state index contributed by atoms with van der Waals surface area (Å²) in [7, 11) is 0. The Morgan fingerprint density at radius 3 is 2.58 bits per heavy atom. The lowest BCUT2D eigenvalue weighted by Gasteiger charge is -2.12. The quantitative estimate of drug-likeness (QED) is 0.830. The third-order valence-electron chi connectivity index (χ3n) is 3.15. The predicted molar refractivity (Wildman–Crippen MR) is 82.8 cm³/mol. The standard InChI is InChI=1S/C17H20OS/c1-13-6-5-9-17(10-13)19-12-16(18)11-15-8-4-3-7-14(15)2/h3-10,16,18H,11-12H2,1-2H3. The highest BCUT2D eigenvalue weighted by atomic mass is 32.2. The van der Waals surface area contributed by atoms with Crippen molar-refractivity contribution in [3.63, 3.8) is 0 Å². The molecule has 1 nitrogen and oxygen atoms in total. The average molecular weight is 272 g/mol. The number of aryl methyl sites for hydroxylation is 2. The zero-order chi connectivity index (χ0) is 13.7. The smallest absolute Gasteiger partial charge is 0.0674 e. The molecule has 19 heavy (non-hydrogen) atoms. The van der Waals surface area contributed by atoms with Crippen molar-refractivity contribution in [1.82, 2.24) is 0 Å². The molecule has 0 fully saturated rings. The number of aliphatic hydroxyl groups excluding tert-OH is 1. The molecule has 0 spiro atoms. The van der Waals surface area contributed by atoms with Crippen LogP contribution in [-0.4, -0.2) is 17.0 Å². The predicted octanol–water partition coefficient (Wildman–Crippen LogP) is 4.00. The molecule has 0 radical (unpaired) electrons. The molecule has 2 aromatic rings. The van der Waals surface area contributed by atoms with Crippen molar-refractivity contribution in [2.75, 3.05) is 5.75 Å². The summed E-state index contributed by atoms with van der Waals surface area (Å²) in [5.41, 5.74) is 3.75. The van der Waals surface area contributed by atoms with Crippen LogP contribution in [0.25, 0.3) is 0 Å². The van der Waals surface area contributed by atoms with Gasteiger partial charge in [-0.25, -0.2) is 0 Å². The zero-order valence-electron chi connectivity index (χ0n) is 11.5. The topological polar surface area (TPSA) is 20.2 Å².